The monoisotopic (exact) mass is 545 g/mol. The first-order valence-electron chi connectivity index (χ1n) is 13.0. The van der Waals surface area contributed by atoms with Crippen LogP contribution in [-0.2, 0) is 4.79 Å². The van der Waals surface area contributed by atoms with Crippen LogP contribution in [0.15, 0.2) is 47.8 Å². The van der Waals surface area contributed by atoms with Crippen LogP contribution in [0.3, 0.4) is 0 Å². The van der Waals surface area contributed by atoms with E-state index in [-0.39, 0.29) is 17.6 Å². The van der Waals surface area contributed by atoms with Gasteiger partial charge in [-0.3, -0.25) is 23.7 Å². The van der Waals surface area contributed by atoms with Gasteiger partial charge < -0.3 is 15.6 Å². The Bertz CT molecular complexity index is 1390. The maximum atomic E-state index is 14.0. The lowest BCUT2D eigenvalue weighted by atomic mass is 9.88. The summed E-state index contributed by atoms with van der Waals surface area (Å²) in [6.45, 7) is 3.78. The van der Waals surface area contributed by atoms with Gasteiger partial charge >= 0.3 is 6.18 Å². The van der Waals surface area contributed by atoms with Crippen molar-refractivity contribution in [2.45, 2.75) is 63.8 Å². The third-order valence-corrected chi connectivity index (χ3v) is 7.27. The second kappa shape index (κ2) is 10.3. The number of carbonyl (C=O) groups excluding carboxylic acids is 2. The quantitative estimate of drug-likeness (QED) is 0.358. The van der Waals surface area contributed by atoms with Gasteiger partial charge in [-0.15, -0.1) is 0 Å². The van der Waals surface area contributed by atoms with Crippen molar-refractivity contribution in [3.63, 3.8) is 0 Å². The molecule has 2 saturated carbocycles. The van der Waals surface area contributed by atoms with Gasteiger partial charge in [-0.05, 0) is 75.5 Å². The molecule has 2 amide bonds. The Kier molecular flexibility index (Phi) is 7.08. The SMILES string of the molecule is CC(C)n1nccc1C(=O)N[C@H](C(=O)Nc1cnn(C(c2ccc[nH]c2=O)C(F)(F)F)c1)C(C1CC1)C1CC1. The molecular formula is C26H30F3N7O3. The van der Waals surface area contributed by atoms with E-state index < -0.39 is 41.2 Å². The van der Waals surface area contributed by atoms with E-state index in [0.717, 1.165) is 44.1 Å². The fourth-order valence-electron chi connectivity index (χ4n) is 5.23. The zero-order chi connectivity index (χ0) is 27.9. The van der Waals surface area contributed by atoms with Gasteiger partial charge in [0.05, 0.1) is 17.4 Å². The van der Waals surface area contributed by atoms with Crippen molar-refractivity contribution in [1.29, 1.82) is 0 Å². The van der Waals surface area contributed by atoms with Gasteiger partial charge in [0, 0.05) is 24.6 Å². The number of rotatable bonds is 10. The first-order chi connectivity index (χ1) is 18.5. The van der Waals surface area contributed by atoms with Crippen LogP contribution in [0, 0.1) is 17.8 Å². The highest BCUT2D eigenvalue weighted by atomic mass is 19.4. The maximum absolute atomic E-state index is 14.0. The Balaban J connectivity index is 1.40. The number of aromatic amines is 1. The molecule has 10 nitrogen and oxygen atoms in total. The van der Waals surface area contributed by atoms with Gasteiger partial charge in [-0.1, -0.05) is 0 Å². The lowest BCUT2D eigenvalue weighted by Crippen LogP contribution is -2.50. The fourth-order valence-corrected chi connectivity index (χ4v) is 5.23. The first kappa shape index (κ1) is 26.7. The van der Waals surface area contributed by atoms with Crippen molar-refractivity contribution in [1.82, 2.24) is 29.9 Å². The Morgan fingerprint density at radius 2 is 1.79 bits per heavy atom. The normalized spacial score (nSPS) is 17.3. The van der Waals surface area contributed by atoms with Crippen molar-refractivity contribution in [3.8, 4) is 0 Å². The molecule has 0 aromatic carbocycles. The standard InChI is InChI=1S/C26H30F3N7O3/c1-14(2)36-19(9-11-31-36)24(38)34-21(20(15-5-6-15)16-7-8-16)25(39)33-17-12-32-35(13-17)22(26(27,28)29)18-4-3-10-30-23(18)37/h3-4,9-16,20-22H,5-8H2,1-2H3,(H,30,37)(H,33,39)(H,34,38)/t21-,22?/m0/s1. The lowest BCUT2D eigenvalue weighted by Gasteiger charge is -2.27. The number of nitrogens with one attached hydrogen (secondary N) is 3. The number of pyridine rings is 1. The van der Waals surface area contributed by atoms with Crippen LogP contribution in [-0.4, -0.2) is 48.6 Å². The van der Waals surface area contributed by atoms with Crippen LogP contribution in [0.5, 0.6) is 0 Å². The summed E-state index contributed by atoms with van der Waals surface area (Å²) in [5, 5.41) is 13.6. The molecule has 39 heavy (non-hydrogen) atoms. The fraction of sp³-hybridized carbons (Fsp3) is 0.500. The average Bonchev–Trinajstić information content (AvgIpc) is 3.79. The van der Waals surface area contributed by atoms with Crippen LogP contribution in [0.25, 0.3) is 0 Å². The van der Waals surface area contributed by atoms with E-state index in [2.05, 4.69) is 25.8 Å². The van der Waals surface area contributed by atoms with Crippen molar-refractivity contribution in [3.05, 3.63) is 64.6 Å². The minimum Gasteiger partial charge on any atom is -0.339 e. The molecule has 3 N–H and O–H groups in total. The van der Waals surface area contributed by atoms with Crippen LogP contribution in [0.2, 0.25) is 0 Å². The molecule has 0 aliphatic heterocycles. The summed E-state index contributed by atoms with van der Waals surface area (Å²) < 4.78 is 44.1. The molecule has 3 aromatic rings. The van der Waals surface area contributed by atoms with Gasteiger partial charge in [0.25, 0.3) is 11.5 Å². The third-order valence-electron chi connectivity index (χ3n) is 7.27. The van der Waals surface area contributed by atoms with Gasteiger partial charge in [-0.2, -0.15) is 23.4 Å². The van der Waals surface area contributed by atoms with E-state index in [1.54, 1.807) is 10.7 Å². The molecule has 0 radical (unpaired) electrons. The predicted octanol–water partition coefficient (Wildman–Crippen LogP) is 3.67. The number of hydrogen-bond donors (Lipinski definition) is 3. The van der Waals surface area contributed by atoms with E-state index in [0.29, 0.717) is 22.2 Å². The van der Waals surface area contributed by atoms with Crippen LogP contribution >= 0.6 is 0 Å². The number of amides is 2. The number of carbonyl (C=O) groups is 2. The lowest BCUT2D eigenvalue weighted by molar-refractivity contribution is -0.159. The summed E-state index contributed by atoms with van der Waals surface area (Å²) in [4.78, 5) is 41.2. The Morgan fingerprint density at radius 3 is 2.38 bits per heavy atom. The first-order valence-corrected chi connectivity index (χ1v) is 13.0. The molecule has 13 heteroatoms. The molecule has 2 aliphatic rings. The molecule has 2 fully saturated rings. The van der Waals surface area contributed by atoms with Crippen molar-refractivity contribution in [2.75, 3.05) is 5.32 Å². The second-order valence-electron chi connectivity index (χ2n) is 10.6. The van der Waals surface area contributed by atoms with Gasteiger partial charge in [0.15, 0.2) is 6.04 Å². The molecule has 2 aliphatic carbocycles. The van der Waals surface area contributed by atoms with Gasteiger partial charge in [0.2, 0.25) is 5.91 Å². The molecule has 5 rings (SSSR count). The Labute approximate surface area is 222 Å². The predicted molar refractivity (Wildman–Crippen MR) is 135 cm³/mol. The van der Waals surface area contributed by atoms with E-state index >= 15 is 0 Å². The number of halogens is 3. The van der Waals surface area contributed by atoms with E-state index in [1.165, 1.54) is 18.5 Å². The number of alkyl halides is 3. The third kappa shape index (κ3) is 5.76. The zero-order valence-electron chi connectivity index (χ0n) is 21.5. The van der Waals surface area contributed by atoms with E-state index in [9.17, 15) is 27.6 Å². The smallest absolute Gasteiger partial charge is 0.339 e. The van der Waals surface area contributed by atoms with Gasteiger partial charge in [0.1, 0.15) is 11.7 Å². The highest BCUT2D eigenvalue weighted by Crippen LogP contribution is 2.51. The highest BCUT2D eigenvalue weighted by molar-refractivity contribution is 6.00. The number of aromatic nitrogens is 5. The highest BCUT2D eigenvalue weighted by Gasteiger charge is 2.49. The van der Waals surface area contributed by atoms with Crippen LogP contribution in [0.1, 0.15) is 67.7 Å². The van der Waals surface area contributed by atoms with Crippen LogP contribution < -0.4 is 16.2 Å². The minimum atomic E-state index is -4.82. The summed E-state index contributed by atoms with van der Waals surface area (Å²) in [5.41, 5.74) is -1.07. The Morgan fingerprint density at radius 1 is 1.10 bits per heavy atom. The van der Waals surface area contributed by atoms with Crippen molar-refractivity contribution in [2.24, 2.45) is 17.8 Å². The molecule has 208 valence electrons. The molecule has 3 heterocycles. The molecule has 0 spiro atoms. The maximum Gasteiger partial charge on any atom is 0.415 e. The molecular weight excluding hydrogens is 515 g/mol. The Hall–Kier alpha value is -3.90. The summed E-state index contributed by atoms with van der Waals surface area (Å²) in [5.74, 6) is -0.450. The largest absolute Gasteiger partial charge is 0.415 e. The van der Waals surface area contributed by atoms with Crippen LogP contribution in [0.4, 0.5) is 18.9 Å². The number of anilines is 1. The minimum absolute atomic E-state index is 0.0263. The van der Waals surface area contributed by atoms with Crippen molar-refractivity contribution >= 4 is 17.5 Å². The van der Waals surface area contributed by atoms with E-state index in [1.807, 2.05) is 13.8 Å². The molecule has 0 saturated heterocycles. The zero-order valence-corrected chi connectivity index (χ0v) is 21.5. The summed E-state index contributed by atoms with van der Waals surface area (Å²) >= 11 is 0. The molecule has 1 unspecified atom stereocenters. The molecule has 2 atom stereocenters. The van der Waals surface area contributed by atoms with Gasteiger partial charge in [-0.25, -0.2) is 0 Å². The molecule has 3 aromatic heterocycles. The number of H-pyrrole nitrogens is 1. The molecule has 0 bridgehead atoms. The summed E-state index contributed by atoms with van der Waals surface area (Å²) in [6, 6.07) is 0.675. The van der Waals surface area contributed by atoms with Crippen molar-refractivity contribution < 1.29 is 22.8 Å². The summed E-state index contributed by atoms with van der Waals surface area (Å²) in [7, 11) is 0. The number of hydrogen-bond acceptors (Lipinski definition) is 5. The summed E-state index contributed by atoms with van der Waals surface area (Å²) in [6.07, 6.45) is 3.92. The number of nitrogens with zero attached hydrogens (tertiary/aromatic N) is 4. The average molecular weight is 546 g/mol. The van der Waals surface area contributed by atoms with E-state index in [4.69, 9.17) is 0 Å². The topological polar surface area (TPSA) is 127 Å². The second-order valence-corrected chi connectivity index (χ2v) is 10.6.